The standard InChI is InChI=1S/C31H40N4O3/c1-18(2)24-15-23-16-27(37-7)28(38-8)17-25(23)31(33-26(24)13-14-29(36)32-5)22-11-9-21(10-12-22)30-19(3)34-35(6)20(30)4/h9-12,16-18,24,26H,13-15H2,1-8H3,(H,32,36). The number of aliphatic imine (C=N–C) groups is 1. The van der Waals surface area contributed by atoms with Gasteiger partial charge in [0.1, 0.15) is 0 Å². The van der Waals surface area contributed by atoms with Crippen LogP contribution in [0.3, 0.4) is 0 Å². The highest BCUT2D eigenvalue weighted by Crippen LogP contribution is 2.38. The molecule has 0 radical (unpaired) electrons. The van der Waals surface area contributed by atoms with Crippen LogP contribution in [0.2, 0.25) is 0 Å². The second-order valence-corrected chi connectivity index (χ2v) is 10.5. The van der Waals surface area contributed by atoms with Crippen LogP contribution < -0.4 is 14.8 Å². The smallest absolute Gasteiger partial charge is 0.219 e. The number of amides is 1. The maximum absolute atomic E-state index is 12.2. The fourth-order valence-corrected chi connectivity index (χ4v) is 5.61. The molecule has 2 atom stereocenters. The van der Waals surface area contributed by atoms with Crippen molar-refractivity contribution in [2.24, 2.45) is 23.9 Å². The third kappa shape index (κ3) is 5.33. The number of rotatable bonds is 8. The average Bonchev–Trinajstić information content (AvgIpc) is 3.07. The zero-order valence-electron chi connectivity index (χ0n) is 23.9. The summed E-state index contributed by atoms with van der Waals surface area (Å²) in [7, 11) is 6.99. The number of carbonyl (C=O) groups is 1. The van der Waals surface area contributed by atoms with Gasteiger partial charge >= 0.3 is 0 Å². The van der Waals surface area contributed by atoms with E-state index in [9.17, 15) is 4.79 Å². The number of benzene rings is 2. The quantitative estimate of drug-likeness (QED) is 0.442. The molecule has 1 N–H and O–H groups in total. The molecule has 2 unspecified atom stereocenters. The minimum Gasteiger partial charge on any atom is -0.493 e. The van der Waals surface area contributed by atoms with E-state index in [1.54, 1.807) is 21.3 Å². The highest BCUT2D eigenvalue weighted by atomic mass is 16.5. The predicted molar refractivity (Wildman–Crippen MR) is 152 cm³/mol. The van der Waals surface area contributed by atoms with Gasteiger partial charge in [-0.2, -0.15) is 5.10 Å². The van der Waals surface area contributed by atoms with Gasteiger partial charge in [-0.25, -0.2) is 0 Å². The van der Waals surface area contributed by atoms with Crippen LogP contribution in [0.25, 0.3) is 11.1 Å². The van der Waals surface area contributed by atoms with Crippen LogP contribution >= 0.6 is 0 Å². The van der Waals surface area contributed by atoms with Gasteiger partial charge in [-0.15, -0.1) is 0 Å². The van der Waals surface area contributed by atoms with Crippen LogP contribution in [0.1, 0.15) is 54.8 Å². The first-order valence-electron chi connectivity index (χ1n) is 13.3. The first kappa shape index (κ1) is 27.4. The van der Waals surface area contributed by atoms with Crippen molar-refractivity contribution in [1.29, 1.82) is 0 Å². The van der Waals surface area contributed by atoms with Crippen molar-refractivity contribution in [2.75, 3.05) is 21.3 Å². The molecule has 1 aliphatic rings. The molecule has 1 amide bonds. The maximum atomic E-state index is 12.2. The average molecular weight is 517 g/mol. The zero-order valence-corrected chi connectivity index (χ0v) is 23.9. The van der Waals surface area contributed by atoms with Gasteiger partial charge in [-0.1, -0.05) is 38.1 Å². The van der Waals surface area contributed by atoms with Gasteiger partial charge < -0.3 is 14.8 Å². The number of carbonyl (C=O) groups excluding carboxylic acids is 1. The number of fused-ring (bicyclic) bond motifs is 1. The molecule has 3 aromatic rings. The Balaban J connectivity index is 1.86. The first-order chi connectivity index (χ1) is 18.2. The van der Waals surface area contributed by atoms with Gasteiger partial charge in [0.2, 0.25) is 5.91 Å². The molecule has 1 aliphatic heterocycles. The van der Waals surface area contributed by atoms with Gasteiger partial charge in [-0.05, 0) is 61.8 Å². The third-order valence-corrected chi connectivity index (χ3v) is 7.87. The summed E-state index contributed by atoms with van der Waals surface area (Å²) in [6.45, 7) is 8.62. The fourth-order valence-electron chi connectivity index (χ4n) is 5.61. The van der Waals surface area contributed by atoms with Crippen LogP contribution in [0.4, 0.5) is 0 Å². The van der Waals surface area contributed by atoms with Gasteiger partial charge in [0.05, 0.1) is 31.7 Å². The number of aromatic nitrogens is 2. The van der Waals surface area contributed by atoms with Crippen molar-refractivity contribution in [3.8, 4) is 22.6 Å². The van der Waals surface area contributed by atoms with E-state index in [4.69, 9.17) is 14.5 Å². The highest BCUT2D eigenvalue weighted by molar-refractivity contribution is 6.14. The lowest BCUT2D eigenvalue weighted by molar-refractivity contribution is -0.120. The van der Waals surface area contributed by atoms with E-state index in [1.165, 1.54) is 5.56 Å². The van der Waals surface area contributed by atoms with Crippen LogP contribution in [-0.4, -0.2) is 48.7 Å². The molecule has 0 bridgehead atoms. The number of methoxy groups -OCH3 is 2. The summed E-state index contributed by atoms with van der Waals surface area (Å²) in [6, 6.07) is 12.7. The summed E-state index contributed by atoms with van der Waals surface area (Å²) in [5.74, 6) is 2.12. The maximum Gasteiger partial charge on any atom is 0.219 e. The van der Waals surface area contributed by atoms with E-state index in [0.717, 1.165) is 51.5 Å². The molecule has 2 aromatic carbocycles. The lowest BCUT2D eigenvalue weighted by Gasteiger charge is -2.26. The number of aryl methyl sites for hydroxylation is 2. The topological polar surface area (TPSA) is 77.7 Å². The molecule has 0 saturated heterocycles. The summed E-state index contributed by atoms with van der Waals surface area (Å²) >= 11 is 0. The third-order valence-electron chi connectivity index (χ3n) is 7.87. The molecule has 0 spiro atoms. The van der Waals surface area contributed by atoms with E-state index in [0.29, 0.717) is 24.5 Å². The molecule has 0 aliphatic carbocycles. The van der Waals surface area contributed by atoms with Gasteiger partial charge in [-0.3, -0.25) is 14.5 Å². The Morgan fingerprint density at radius 1 is 1.08 bits per heavy atom. The molecule has 38 heavy (non-hydrogen) atoms. The second-order valence-electron chi connectivity index (χ2n) is 10.5. The molecule has 202 valence electrons. The largest absolute Gasteiger partial charge is 0.493 e. The molecule has 4 rings (SSSR count). The lowest BCUT2D eigenvalue weighted by atomic mass is 9.81. The van der Waals surface area contributed by atoms with Crippen LogP contribution in [0.15, 0.2) is 41.4 Å². The first-order valence-corrected chi connectivity index (χ1v) is 13.3. The van der Waals surface area contributed by atoms with Crippen molar-refractivity contribution in [3.63, 3.8) is 0 Å². The Morgan fingerprint density at radius 3 is 2.26 bits per heavy atom. The number of hydrogen-bond acceptors (Lipinski definition) is 5. The Morgan fingerprint density at radius 2 is 1.71 bits per heavy atom. The van der Waals surface area contributed by atoms with Crippen LogP contribution in [0.5, 0.6) is 11.5 Å². The molecular formula is C31H40N4O3. The highest BCUT2D eigenvalue weighted by Gasteiger charge is 2.31. The van der Waals surface area contributed by atoms with Crippen LogP contribution in [0, 0.1) is 25.7 Å². The van der Waals surface area contributed by atoms with Gasteiger partial charge in [0, 0.05) is 42.9 Å². The van der Waals surface area contributed by atoms with Crippen molar-refractivity contribution in [3.05, 3.63) is 64.5 Å². The SMILES string of the molecule is CNC(=O)CCC1N=C(c2ccc(-c3c(C)nn(C)c3C)cc2)c2cc(OC)c(OC)cc2CC1C(C)C. The van der Waals surface area contributed by atoms with E-state index >= 15 is 0 Å². The minimum absolute atomic E-state index is 0.00850. The van der Waals surface area contributed by atoms with Crippen LogP contribution in [-0.2, 0) is 18.3 Å². The van der Waals surface area contributed by atoms with Crippen molar-refractivity contribution < 1.29 is 14.3 Å². The van der Waals surface area contributed by atoms with E-state index in [1.807, 2.05) is 18.7 Å². The molecule has 7 nitrogen and oxygen atoms in total. The normalized spacial score (nSPS) is 17.0. The summed E-state index contributed by atoms with van der Waals surface area (Å²) in [5, 5.41) is 7.35. The van der Waals surface area contributed by atoms with Crippen molar-refractivity contribution in [2.45, 2.75) is 53.0 Å². The Kier molecular flexibility index (Phi) is 8.24. The molecule has 2 heterocycles. The van der Waals surface area contributed by atoms with Gasteiger partial charge in [0.25, 0.3) is 0 Å². The van der Waals surface area contributed by atoms with E-state index in [-0.39, 0.29) is 17.9 Å². The second kappa shape index (κ2) is 11.4. The minimum atomic E-state index is 0.00850. The van der Waals surface area contributed by atoms with Crippen molar-refractivity contribution in [1.82, 2.24) is 15.1 Å². The molecule has 1 aromatic heterocycles. The summed E-state index contributed by atoms with van der Waals surface area (Å²) in [4.78, 5) is 17.6. The van der Waals surface area contributed by atoms with Gasteiger partial charge in [0.15, 0.2) is 11.5 Å². The number of nitrogens with one attached hydrogen (secondary N) is 1. The predicted octanol–water partition coefficient (Wildman–Crippen LogP) is 5.28. The summed E-state index contributed by atoms with van der Waals surface area (Å²) in [5.41, 5.74) is 8.65. The number of nitrogens with zero attached hydrogens (tertiary/aromatic N) is 3. The Hall–Kier alpha value is -3.61. The summed E-state index contributed by atoms with van der Waals surface area (Å²) < 4.78 is 13.3. The van der Waals surface area contributed by atoms with E-state index in [2.05, 4.69) is 67.6 Å². The lowest BCUT2D eigenvalue weighted by Crippen LogP contribution is -2.28. The number of ether oxygens (including phenoxy) is 2. The molecule has 0 saturated carbocycles. The Bertz CT molecular complexity index is 1340. The molecule has 0 fully saturated rings. The monoisotopic (exact) mass is 516 g/mol. The molecular weight excluding hydrogens is 476 g/mol. The summed E-state index contributed by atoms with van der Waals surface area (Å²) in [6.07, 6.45) is 1.99. The van der Waals surface area contributed by atoms with E-state index < -0.39 is 0 Å². The van der Waals surface area contributed by atoms with Crippen molar-refractivity contribution >= 4 is 11.6 Å². The fraction of sp³-hybridized carbons (Fsp3) is 0.452. The number of hydrogen-bond donors (Lipinski definition) is 1. The Labute approximate surface area is 226 Å². The zero-order chi connectivity index (χ0) is 27.6. The molecule has 7 heteroatoms.